The second kappa shape index (κ2) is 8.24. The molecule has 5 nitrogen and oxygen atoms in total. The van der Waals surface area contributed by atoms with Gasteiger partial charge in [0.15, 0.2) is 0 Å². The maximum Gasteiger partial charge on any atom is 0.220 e. The fourth-order valence-electron chi connectivity index (χ4n) is 2.84. The highest BCUT2D eigenvalue weighted by molar-refractivity contribution is 5.76. The van der Waals surface area contributed by atoms with Gasteiger partial charge in [-0.25, -0.2) is 4.68 Å². The number of hydrogen-bond donors (Lipinski definition) is 1. The molecule has 0 radical (unpaired) electrons. The number of pyridine rings is 1. The molecular weight excluding hydrogens is 312 g/mol. The zero-order valence-electron chi connectivity index (χ0n) is 14.3. The number of carbonyl (C=O) groups is 1. The zero-order chi connectivity index (χ0) is 17.5. The summed E-state index contributed by atoms with van der Waals surface area (Å²) in [4.78, 5) is 16.5. The van der Waals surface area contributed by atoms with Gasteiger partial charge in [0.2, 0.25) is 5.91 Å². The number of nitrogens with one attached hydrogen (secondary N) is 1. The van der Waals surface area contributed by atoms with Gasteiger partial charge in [0.25, 0.3) is 0 Å². The van der Waals surface area contributed by atoms with Crippen molar-refractivity contribution in [2.75, 3.05) is 0 Å². The fraction of sp³-hybridized carbons (Fsp3) is 0.250. The van der Waals surface area contributed by atoms with Gasteiger partial charge in [-0.15, -0.1) is 0 Å². The lowest BCUT2D eigenvalue weighted by atomic mass is 10.1. The van der Waals surface area contributed by atoms with Crippen LogP contribution in [-0.4, -0.2) is 20.7 Å². The van der Waals surface area contributed by atoms with Gasteiger partial charge in [-0.2, -0.15) is 5.10 Å². The lowest BCUT2D eigenvalue weighted by Gasteiger charge is -2.18. The predicted octanol–water partition coefficient (Wildman–Crippen LogP) is 3.47. The molecule has 2 heterocycles. The van der Waals surface area contributed by atoms with Gasteiger partial charge in [-0.05, 0) is 49.6 Å². The number of amides is 1. The van der Waals surface area contributed by atoms with E-state index in [1.807, 2.05) is 66.3 Å². The first kappa shape index (κ1) is 16.9. The summed E-state index contributed by atoms with van der Waals surface area (Å²) >= 11 is 0. The van der Waals surface area contributed by atoms with E-state index in [0.717, 1.165) is 29.8 Å². The third kappa shape index (κ3) is 4.53. The topological polar surface area (TPSA) is 59.8 Å². The molecule has 3 aromatic rings. The first-order chi connectivity index (χ1) is 12.2. The molecule has 0 saturated heterocycles. The lowest BCUT2D eigenvalue weighted by Crippen LogP contribution is -2.27. The van der Waals surface area contributed by atoms with Crippen LogP contribution in [-0.2, 0) is 11.2 Å². The largest absolute Gasteiger partial charge is 0.350 e. The Balaban J connectivity index is 1.57. The molecule has 0 aliphatic rings. The summed E-state index contributed by atoms with van der Waals surface area (Å²) in [5.41, 5.74) is 3.05. The van der Waals surface area contributed by atoms with E-state index in [-0.39, 0.29) is 11.9 Å². The average molecular weight is 334 g/mol. The van der Waals surface area contributed by atoms with Crippen molar-refractivity contribution < 1.29 is 4.79 Å². The van der Waals surface area contributed by atoms with E-state index in [2.05, 4.69) is 15.4 Å². The normalized spacial score (nSPS) is 11.9. The Morgan fingerprint density at radius 2 is 1.96 bits per heavy atom. The smallest absolute Gasteiger partial charge is 0.220 e. The molecule has 1 amide bonds. The van der Waals surface area contributed by atoms with Crippen LogP contribution in [0.5, 0.6) is 0 Å². The number of aryl methyl sites for hydroxylation is 1. The molecule has 0 aliphatic carbocycles. The standard InChI is InChI=1S/C20H22N4O/c1-16(18-10-2-3-11-19(18)24-15-7-14-22-24)23-20(25)12-6-9-17-8-4-5-13-21-17/h2-5,7-8,10-11,13-16H,6,9,12H2,1H3,(H,23,25)/t16-/m1/s1. The Hall–Kier alpha value is -2.95. The minimum atomic E-state index is -0.0808. The monoisotopic (exact) mass is 334 g/mol. The summed E-state index contributed by atoms with van der Waals surface area (Å²) in [6, 6.07) is 15.6. The molecule has 1 aromatic carbocycles. The summed E-state index contributed by atoms with van der Waals surface area (Å²) in [5, 5.41) is 7.37. The van der Waals surface area contributed by atoms with Crippen molar-refractivity contribution in [3.63, 3.8) is 0 Å². The van der Waals surface area contributed by atoms with E-state index in [1.54, 1.807) is 12.4 Å². The van der Waals surface area contributed by atoms with Crippen LogP contribution >= 0.6 is 0 Å². The van der Waals surface area contributed by atoms with E-state index in [1.165, 1.54) is 0 Å². The van der Waals surface area contributed by atoms with Crippen LogP contribution in [0.1, 0.15) is 37.1 Å². The number of nitrogens with zero attached hydrogens (tertiary/aromatic N) is 3. The van der Waals surface area contributed by atoms with Crippen LogP contribution in [0.15, 0.2) is 67.1 Å². The van der Waals surface area contributed by atoms with Crippen LogP contribution in [0.2, 0.25) is 0 Å². The molecule has 0 saturated carbocycles. The summed E-state index contributed by atoms with van der Waals surface area (Å²) < 4.78 is 1.82. The summed E-state index contributed by atoms with van der Waals surface area (Å²) in [5.74, 6) is 0.0544. The van der Waals surface area contributed by atoms with Crippen molar-refractivity contribution in [2.45, 2.75) is 32.2 Å². The number of hydrogen-bond acceptors (Lipinski definition) is 3. The second-order valence-electron chi connectivity index (χ2n) is 5.97. The Morgan fingerprint density at radius 3 is 2.72 bits per heavy atom. The molecule has 128 valence electrons. The number of rotatable bonds is 7. The van der Waals surface area contributed by atoms with Gasteiger partial charge in [0.05, 0.1) is 11.7 Å². The predicted molar refractivity (Wildman–Crippen MR) is 97.3 cm³/mol. The minimum Gasteiger partial charge on any atom is -0.350 e. The minimum absolute atomic E-state index is 0.0544. The van der Waals surface area contributed by atoms with Crippen LogP contribution in [0, 0.1) is 0 Å². The molecule has 1 atom stereocenters. The zero-order valence-corrected chi connectivity index (χ0v) is 14.3. The summed E-state index contributed by atoms with van der Waals surface area (Å²) in [6.07, 6.45) is 7.52. The van der Waals surface area contributed by atoms with Crippen molar-refractivity contribution >= 4 is 5.91 Å². The van der Waals surface area contributed by atoms with Gasteiger partial charge in [-0.3, -0.25) is 9.78 Å². The van der Waals surface area contributed by atoms with E-state index < -0.39 is 0 Å². The van der Waals surface area contributed by atoms with E-state index in [4.69, 9.17) is 0 Å². The number of benzene rings is 1. The molecule has 0 aliphatic heterocycles. The van der Waals surface area contributed by atoms with E-state index in [0.29, 0.717) is 6.42 Å². The molecular formula is C20H22N4O. The van der Waals surface area contributed by atoms with Crippen LogP contribution < -0.4 is 5.32 Å². The van der Waals surface area contributed by atoms with Crippen molar-refractivity contribution in [2.24, 2.45) is 0 Å². The third-order valence-electron chi connectivity index (χ3n) is 4.09. The molecule has 0 spiro atoms. The maximum absolute atomic E-state index is 12.3. The molecule has 0 bridgehead atoms. The highest BCUT2D eigenvalue weighted by Gasteiger charge is 2.14. The van der Waals surface area contributed by atoms with Gasteiger partial charge < -0.3 is 5.32 Å². The van der Waals surface area contributed by atoms with Crippen LogP contribution in [0.3, 0.4) is 0 Å². The molecule has 25 heavy (non-hydrogen) atoms. The van der Waals surface area contributed by atoms with Crippen molar-refractivity contribution in [1.29, 1.82) is 0 Å². The van der Waals surface area contributed by atoms with Crippen molar-refractivity contribution in [3.05, 3.63) is 78.4 Å². The Bertz CT molecular complexity index is 800. The Labute approximate surface area is 147 Å². The number of aromatic nitrogens is 3. The van der Waals surface area contributed by atoms with E-state index >= 15 is 0 Å². The Kier molecular flexibility index (Phi) is 5.57. The first-order valence-corrected chi connectivity index (χ1v) is 8.52. The highest BCUT2D eigenvalue weighted by Crippen LogP contribution is 2.21. The van der Waals surface area contributed by atoms with Gasteiger partial charge in [0.1, 0.15) is 0 Å². The highest BCUT2D eigenvalue weighted by atomic mass is 16.1. The molecule has 0 unspecified atom stereocenters. The molecule has 2 aromatic heterocycles. The second-order valence-corrected chi connectivity index (χ2v) is 5.97. The maximum atomic E-state index is 12.3. The molecule has 3 rings (SSSR count). The Morgan fingerprint density at radius 1 is 1.12 bits per heavy atom. The lowest BCUT2D eigenvalue weighted by molar-refractivity contribution is -0.121. The van der Waals surface area contributed by atoms with Crippen molar-refractivity contribution in [1.82, 2.24) is 20.1 Å². The van der Waals surface area contributed by atoms with Crippen molar-refractivity contribution in [3.8, 4) is 5.69 Å². The SMILES string of the molecule is C[C@@H](NC(=O)CCCc1ccccn1)c1ccccc1-n1cccn1. The average Bonchev–Trinajstić information content (AvgIpc) is 3.17. The van der Waals surface area contributed by atoms with Crippen LogP contribution in [0.25, 0.3) is 5.69 Å². The summed E-state index contributed by atoms with van der Waals surface area (Å²) in [7, 11) is 0. The van der Waals surface area contributed by atoms with Gasteiger partial charge in [0, 0.05) is 30.7 Å². The molecule has 0 fully saturated rings. The van der Waals surface area contributed by atoms with Gasteiger partial charge in [-0.1, -0.05) is 24.3 Å². The quantitative estimate of drug-likeness (QED) is 0.720. The van der Waals surface area contributed by atoms with Crippen LogP contribution in [0.4, 0.5) is 0 Å². The van der Waals surface area contributed by atoms with E-state index in [9.17, 15) is 4.79 Å². The fourth-order valence-corrected chi connectivity index (χ4v) is 2.84. The number of para-hydroxylation sites is 1. The molecule has 1 N–H and O–H groups in total. The first-order valence-electron chi connectivity index (χ1n) is 8.52. The number of carbonyl (C=O) groups excluding carboxylic acids is 1. The van der Waals surface area contributed by atoms with Gasteiger partial charge >= 0.3 is 0 Å². The summed E-state index contributed by atoms with van der Waals surface area (Å²) in [6.45, 7) is 2.00. The molecule has 5 heteroatoms. The third-order valence-corrected chi connectivity index (χ3v) is 4.09.